The molecule has 1 aliphatic rings. The number of hydroxylamine groups is 2. The van der Waals surface area contributed by atoms with Gasteiger partial charge >= 0.3 is 0 Å². The van der Waals surface area contributed by atoms with Crippen molar-refractivity contribution in [3.8, 4) is 0 Å². The third-order valence-corrected chi connectivity index (χ3v) is 1.98. The highest BCUT2D eigenvalue weighted by molar-refractivity contribution is 4.89. The molecule has 11 heavy (non-hydrogen) atoms. The van der Waals surface area contributed by atoms with Crippen LogP contribution in [0.5, 0.6) is 0 Å². The van der Waals surface area contributed by atoms with Crippen LogP contribution in [0.3, 0.4) is 0 Å². The molecular formula is C7H16N2O2. The zero-order valence-electron chi connectivity index (χ0n) is 7.17. The Morgan fingerprint density at radius 3 is 2.91 bits per heavy atom. The maximum absolute atomic E-state index is 5.99. The van der Waals surface area contributed by atoms with E-state index in [1.54, 1.807) is 12.2 Å². The van der Waals surface area contributed by atoms with Gasteiger partial charge in [-0.2, -0.15) is 5.06 Å². The third-order valence-electron chi connectivity index (χ3n) is 1.98. The second-order valence-electron chi connectivity index (χ2n) is 3.13. The van der Waals surface area contributed by atoms with Crippen molar-refractivity contribution in [1.82, 2.24) is 5.06 Å². The Balaban J connectivity index is 2.33. The summed E-state index contributed by atoms with van der Waals surface area (Å²) in [6.45, 7) is 2.14. The zero-order valence-corrected chi connectivity index (χ0v) is 7.17. The first kappa shape index (κ1) is 8.93. The first-order valence-electron chi connectivity index (χ1n) is 3.78. The smallest absolute Gasteiger partial charge is 0.0660 e. The van der Waals surface area contributed by atoms with Crippen molar-refractivity contribution >= 4 is 0 Å². The van der Waals surface area contributed by atoms with Gasteiger partial charge in [-0.05, 0) is 6.42 Å². The Morgan fingerprint density at radius 2 is 2.45 bits per heavy atom. The molecule has 0 radical (unpaired) electrons. The monoisotopic (exact) mass is 160 g/mol. The molecule has 0 saturated carbocycles. The molecule has 4 nitrogen and oxygen atoms in total. The standard InChI is InChI=1S/C7H16N2O2/c1-9(10-2)5-7(8)3-4-11-6-7/h3-6,8H2,1-2H3. The van der Waals surface area contributed by atoms with Crippen LogP contribution in [0.15, 0.2) is 0 Å². The number of nitrogens with zero attached hydrogens (tertiary/aromatic N) is 1. The minimum absolute atomic E-state index is 0.204. The van der Waals surface area contributed by atoms with Crippen molar-refractivity contribution in [2.24, 2.45) is 5.73 Å². The molecule has 0 aliphatic carbocycles. The average Bonchev–Trinajstić information content (AvgIpc) is 2.36. The predicted octanol–water partition coefficient (Wildman–Crippen LogP) is -0.403. The summed E-state index contributed by atoms with van der Waals surface area (Å²) in [5.74, 6) is 0. The number of likely N-dealkylation sites (N-methyl/N-ethyl adjacent to an activating group) is 1. The van der Waals surface area contributed by atoms with E-state index >= 15 is 0 Å². The zero-order chi connectivity index (χ0) is 8.32. The summed E-state index contributed by atoms with van der Waals surface area (Å²) in [7, 11) is 3.51. The van der Waals surface area contributed by atoms with Crippen molar-refractivity contribution < 1.29 is 9.57 Å². The van der Waals surface area contributed by atoms with Crippen LogP contribution in [0.1, 0.15) is 6.42 Å². The highest BCUT2D eigenvalue weighted by atomic mass is 16.7. The van der Waals surface area contributed by atoms with Gasteiger partial charge in [0.1, 0.15) is 0 Å². The van der Waals surface area contributed by atoms with Gasteiger partial charge in [-0.3, -0.25) is 0 Å². The summed E-state index contributed by atoms with van der Waals surface area (Å²) in [4.78, 5) is 4.98. The van der Waals surface area contributed by atoms with Crippen LogP contribution in [-0.4, -0.2) is 44.5 Å². The van der Waals surface area contributed by atoms with Gasteiger partial charge in [0.05, 0.1) is 19.3 Å². The fraction of sp³-hybridized carbons (Fsp3) is 1.00. The number of hydrogen-bond donors (Lipinski definition) is 1. The Hall–Kier alpha value is -0.160. The van der Waals surface area contributed by atoms with Gasteiger partial charge in [-0.1, -0.05) is 0 Å². The minimum Gasteiger partial charge on any atom is -0.379 e. The lowest BCUT2D eigenvalue weighted by atomic mass is 10.0. The van der Waals surface area contributed by atoms with Gasteiger partial charge in [0.15, 0.2) is 0 Å². The molecule has 1 saturated heterocycles. The molecule has 0 aromatic rings. The number of ether oxygens (including phenoxy) is 1. The van der Waals surface area contributed by atoms with E-state index in [9.17, 15) is 0 Å². The van der Waals surface area contributed by atoms with Gasteiger partial charge in [-0.25, -0.2) is 0 Å². The van der Waals surface area contributed by atoms with E-state index in [1.807, 2.05) is 7.05 Å². The van der Waals surface area contributed by atoms with Crippen molar-refractivity contribution in [2.45, 2.75) is 12.0 Å². The fourth-order valence-electron chi connectivity index (χ4n) is 1.26. The van der Waals surface area contributed by atoms with Crippen LogP contribution in [0.4, 0.5) is 0 Å². The Morgan fingerprint density at radius 1 is 1.73 bits per heavy atom. The molecule has 0 aromatic carbocycles. The molecule has 66 valence electrons. The lowest BCUT2D eigenvalue weighted by Crippen LogP contribution is -2.49. The van der Waals surface area contributed by atoms with Crippen LogP contribution < -0.4 is 5.73 Å². The van der Waals surface area contributed by atoms with E-state index in [-0.39, 0.29) is 5.54 Å². The van der Waals surface area contributed by atoms with Gasteiger partial charge in [0.2, 0.25) is 0 Å². The Kier molecular flexibility index (Phi) is 2.84. The van der Waals surface area contributed by atoms with E-state index in [0.717, 1.165) is 19.6 Å². The van der Waals surface area contributed by atoms with Crippen molar-refractivity contribution in [1.29, 1.82) is 0 Å². The van der Waals surface area contributed by atoms with E-state index < -0.39 is 0 Å². The lowest BCUT2D eigenvalue weighted by Gasteiger charge is -2.26. The van der Waals surface area contributed by atoms with Gasteiger partial charge in [0, 0.05) is 20.2 Å². The van der Waals surface area contributed by atoms with Crippen LogP contribution in [0.25, 0.3) is 0 Å². The van der Waals surface area contributed by atoms with E-state index in [1.165, 1.54) is 0 Å². The van der Waals surface area contributed by atoms with Gasteiger partial charge in [0.25, 0.3) is 0 Å². The first-order chi connectivity index (χ1) is 5.16. The molecule has 4 heteroatoms. The number of hydrogen-bond acceptors (Lipinski definition) is 4. The first-order valence-corrected chi connectivity index (χ1v) is 3.78. The second kappa shape index (κ2) is 3.49. The predicted molar refractivity (Wildman–Crippen MR) is 42.0 cm³/mol. The maximum Gasteiger partial charge on any atom is 0.0660 e. The summed E-state index contributed by atoms with van der Waals surface area (Å²) >= 11 is 0. The second-order valence-corrected chi connectivity index (χ2v) is 3.13. The fourth-order valence-corrected chi connectivity index (χ4v) is 1.26. The SMILES string of the molecule is CON(C)CC1(N)CCOC1. The van der Waals surface area contributed by atoms with Crippen LogP contribution in [0.2, 0.25) is 0 Å². The van der Waals surface area contributed by atoms with Crippen molar-refractivity contribution in [3.63, 3.8) is 0 Å². The molecule has 1 fully saturated rings. The minimum atomic E-state index is -0.204. The Labute approximate surface area is 67.2 Å². The van der Waals surface area contributed by atoms with Crippen LogP contribution in [-0.2, 0) is 9.57 Å². The highest BCUT2D eigenvalue weighted by Crippen LogP contribution is 2.15. The molecule has 1 heterocycles. The molecule has 0 amide bonds. The van der Waals surface area contributed by atoms with Crippen LogP contribution >= 0.6 is 0 Å². The normalized spacial score (nSPS) is 31.6. The molecule has 1 atom stereocenters. The molecule has 0 bridgehead atoms. The average molecular weight is 160 g/mol. The van der Waals surface area contributed by atoms with E-state index in [2.05, 4.69) is 0 Å². The topological polar surface area (TPSA) is 47.7 Å². The van der Waals surface area contributed by atoms with Crippen molar-refractivity contribution in [2.75, 3.05) is 33.9 Å². The molecule has 0 aromatic heterocycles. The van der Waals surface area contributed by atoms with Crippen molar-refractivity contribution in [3.05, 3.63) is 0 Å². The molecular weight excluding hydrogens is 144 g/mol. The molecule has 2 N–H and O–H groups in total. The van der Waals surface area contributed by atoms with E-state index in [4.69, 9.17) is 15.3 Å². The largest absolute Gasteiger partial charge is 0.379 e. The molecule has 1 rings (SSSR count). The third kappa shape index (κ3) is 2.41. The summed E-state index contributed by atoms with van der Waals surface area (Å²) in [6, 6.07) is 0. The maximum atomic E-state index is 5.99. The number of rotatable bonds is 3. The molecule has 1 unspecified atom stereocenters. The summed E-state index contributed by atoms with van der Waals surface area (Å²) in [5.41, 5.74) is 5.79. The highest BCUT2D eigenvalue weighted by Gasteiger charge is 2.31. The van der Waals surface area contributed by atoms with Crippen LogP contribution in [0, 0.1) is 0 Å². The lowest BCUT2D eigenvalue weighted by molar-refractivity contribution is -0.120. The van der Waals surface area contributed by atoms with E-state index in [0.29, 0.717) is 6.61 Å². The van der Waals surface area contributed by atoms with Gasteiger partial charge < -0.3 is 15.3 Å². The summed E-state index contributed by atoms with van der Waals surface area (Å²) in [5, 5.41) is 1.73. The molecule has 0 spiro atoms. The quantitative estimate of drug-likeness (QED) is 0.571. The Bertz CT molecular complexity index is 124. The summed E-state index contributed by atoms with van der Waals surface area (Å²) < 4.78 is 5.20. The number of nitrogens with two attached hydrogens (primary N) is 1. The van der Waals surface area contributed by atoms with Gasteiger partial charge in [-0.15, -0.1) is 0 Å². The molecule has 1 aliphatic heterocycles. The summed E-state index contributed by atoms with van der Waals surface area (Å²) in [6.07, 6.45) is 0.917.